The van der Waals surface area contributed by atoms with E-state index in [-0.39, 0.29) is 5.82 Å². The van der Waals surface area contributed by atoms with Crippen LogP contribution in [-0.2, 0) is 0 Å². The minimum absolute atomic E-state index is 0.246. The van der Waals surface area contributed by atoms with Gasteiger partial charge in [-0.1, -0.05) is 0 Å². The minimum atomic E-state index is -0.246. The third kappa shape index (κ3) is 1.59. The lowest BCUT2D eigenvalue weighted by atomic mass is 10.2. The van der Waals surface area contributed by atoms with Gasteiger partial charge in [0, 0.05) is 12.5 Å². The van der Waals surface area contributed by atoms with Crippen molar-refractivity contribution in [3.63, 3.8) is 0 Å². The van der Waals surface area contributed by atoms with Gasteiger partial charge in [0.15, 0.2) is 5.89 Å². The number of hydrogen-bond acceptors (Lipinski definition) is 2. The molecule has 2 rings (SSSR count). The molecule has 0 aliphatic heterocycles. The number of hydrogen-bond donors (Lipinski definition) is 0. The summed E-state index contributed by atoms with van der Waals surface area (Å²) in [7, 11) is 0. The van der Waals surface area contributed by atoms with Crippen molar-refractivity contribution in [3.8, 4) is 11.3 Å². The zero-order chi connectivity index (χ0) is 9.26. The Balaban J connectivity index is 2.41. The first-order chi connectivity index (χ1) is 6.25. The number of nitrogens with zero attached hydrogens (tertiary/aromatic N) is 1. The van der Waals surface area contributed by atoms with Crippen molar-refractivity contribution in [1.29, 1.82) is 0 Å². The third-order valence-electron chi connectivity index (χ3n) is 1.76. The summed E-state index contributed by atoms with van der Waals surface area (Å²) < 4.78 is 17.6. The van der Waals surface area contributed by atoms with Gasteiger partial charge >= 0.3 is 0 Å². The molecule has 13 heavy (non-hydrogen) atoms. The molecule has 0 radical (unpaired) electrons. The van der Waals surface area contributed by atoms with Crippen LogP contribution in [0.15, 0.2) is 34.9 Å². The Hall–Kier alpha value is -1.64. The molecule has 0 bridgehead atoms. The molecule has 2 nitrogen and oxygen atoms in total. The molecule has 0 aliphatic rings. The highest BCUT2D eigenvalue weighted by Gasteiger charge is 2.02. The fourth-order valence-corrected chi connectivity index (χ4v) is 1.12. The Bertz CT molecular complexity index is 405. The van der Waals surface area contributed by atoms with Gasteiger partial charge in [0.2, 0.25) is 0 Å². The van der Waals surface area contributed by atoms with Gasteiger partial charge in [-0.25, -0.2) is 9.37 Å². The smallest absolute Gasteiger partial charge is 0.191 e. The molecule has 0 saturated heterocycles. The summed E-state index contributed by atoms with van der Waals surface area (Å²) in [6, 6.07) is 6.15. The number of aromatic nitrogens is 1. The van der Waals surface area contributed by atoms with Gasteiger partial charge in [0.05, 0.1) is 0 Å². The van der Waals surface area contributed by atoms with E-state index in [0.717, 1.165) is 11.3 Å². The summed E-state index contributed by atoms with van der Waals surface area (Å²) in [5.41, 5.74) is 1.59. The lowest BCUT2D eigenvalue weighted by Gasteiger charge is -1.93. The Kier molecular flexibility index (Phi) is 1.85. The molecule has 0 saturated carbocycles. The van der Waals surface area contributed by atoms with Crippen LogP contribution in [0.1, 0.15) is 5.89 Å². The minimum Gasteiger partial charge on any atom is -0.449 e. The summed E-state index contributed by atoms with van der Waals surface area (Å²) in [5, 5.41) is 0. The average Bonchev–Trinajstić information content (AvgIpc) is 2.53. The first kappa shape index (κ1) is 7.98. The predicted octanol–water partition coefficient (Wildman–Crippen LogP) is 2.79. The highest BCUT2D eigenvalue weighted by molar-refractivity contribution is 5.57. The van der Waals surface area contributed by atoms with Crippen molar-refractivity contribution in [3.05, 3.63) is 42.2 Å². The molecular formula is C10H8FNO. The van der Waals surface area contributed by atoms with E-state index < -0.39 is 0 Å². The molecule has 0 spiro atoms. The molecule has 0 fully saturated rings. The molecule has 1 heterocycles. The Morgan fingerprint density at radius 1 is 1.23 bits per heavy atom. The van der Waals surface area contributed by atoms with E-state index >= 15 is 0 Å². The molecule has 0 N–H and O–H groups in total. The summed E-state index contributed by atoms with van der Waals surface area (Å²) in [6.45, 7) is 1.77. The second-order valence-corrected chi connectivity index (χ2v) is 2.76. The van der Waals surface area contributed by atoms with Gasteiger partial charge in [0.25, 0.3) is 0 Å². The maximum Gasteiger partial charge on any atom is 0.191 e. The summed E-state index contributed by atoms with van der Waals surface area (Å²) in [6.07, 6.45) is 1.56. The summed E-state index contributed by atoms with van der Waals surface area (Å²) in [5.74, 6) is 0.364. The molecule has 0 atom stereocenters. The van der Waals surface area contributed by atoms with E-state index in [1.54, 1.807) is 25.3 Å². The second kappa shape index (κ2) is 3.01. The Labute approximate surface area is 75.0 Å². The van der Waals surface area contributed by atoms with Crippen LogP contribution in [0.2, 0.25) is 0 Å². The van der Waals surface area contributed by atoms with Gasteiger partial charge in [-0.05, 0) is 24.3 Å². The maximum atomic E-state index is 12.6. The lowest BCUT2D eigenvalue weighted by molar-refractivity contribution is 0.521. The SMILES string of the molecule is Cc1nc(-c2ccc(F)cc2)co1. The fraction of sp³-hybridized carbons (Fsp3) is 0.100. The Morgan fingerprint density at radius 3 is 2.46 bits per heavy atom. The molecule has 66 valence electrons. The molecule has 0 unspecified atom stereocenters. The zero-order valence-corrected chi connectivity index (χ0v) is 7.12. The molecule has 3 heteroatoms. The molecule has 1 aromatic heterocycles. The van der Waals surface area contributed by atoms with Crippen molar-refractivity contribution < 1.29 is 8.81 Å². The van der Waals surface area contributed by atoms with Crippen LogP contribution < -0.4 is 0 Å². The van der Waals surface area contributed by atoms with E-state index in [4.69, 9.17) is 4.42 Å². The second-order valence-electron chi connectivity index (χ2n) is 2.76. The van der Waals surface area contributed by atoms with Crippen LogP contribution in [0.3, 0.4) is 0 Å². The van der Waals surface area contributed by atoms with E-state index in [9.17, 15) is 4.39 Å². The van der Waals surface area contributed by atoms with Crippen LogP contribution in [0, 0.1) is 12.7 Å². The lowest BCUT2D eigenvalue weighted by Crippen LogP contribution is -1.78. The van der Waals surface area contributed by atoms with E-state index in [1.165, 1.54) is 12.1 Å². The van der Waals surface area contributed by atoms with Crippen molar-refractivity contribution in [2.24, 2.45) is 0 Å². The van der Waals surface area contributed by atoms with Crippen molar-refractivity contribution in [2.45, 2.75) is 6.92 Å². The van der Waals surface area contributed by atoms with Gasteiger partial charge in [0.1, 0.15) is 17.8 Å². The maximum absolute atomic E-state index is 12.6. The highest BCUT2D eigenvalue weighted by Crippen LogP contribution is 2.18. The van der Waals surface area contributed by atoms with E-state index in [0.29, 0.717) is 5.89 Å². The molecule has 1 aromatic carbocycles. The van der Waals surface area contributed by atoms with Crippen LogP contribution in [-0.4, -0.2) is 4.98 Å². The van der Waals surface area contributed by atoms with Gasteiger partial charge in [-0.2, -0.15) is 0 Å². The number of rotatable bonds is 1. The molecule has 0 aliphatic carbocycles. The van der Waals surface area contributed by atoms with E-state index in [1.807, 2.05) is 0 Å². The largest absolute Gasteiger partial charge is 0.449 e. The van der Waals surface area contributed by atoms with Crippen molar-refractivity contribution in [2.75, 3.05) is 0 Å². The predicted molar refractivity (Wildman–Crippen MR) is 46.6 cm³/mol. The Morgan fingerprint density at radius 2 is 1.92 bits per heavy atom. The average molecular weight is 177 g/mol. The molecule has 2 aromatic rings. The van der Waals surface area contributed by atoms with Crippen molar-refractivity contribution in [1.82, 2.24) is 4.98 Å². The van der Waals surface area contributed by atoms with Crippen LogP contribution in [0.5, 0.6) is 0 Å². The topological polar surface area (TPSA) is 26.0 Å². The number of aryl methyl sites for hydroxylation is 1. The molecule has 0 amide bonds. The number of oxazole rings is 1. The zero-order valence-electron chi connectivity index (χ0n) is 7.12. The van der Waals surface area contributed by atoms with E-state index in [2.05, 4.69) is 4.98 Å². The summed E-state index contributed by atoms with van der Waals surface area (Å²) >= 11 is 0. The highest BCUT2D eigenvalue weighted by atomic mass is 19.1. The van der Waals surface area contributed by atoms with Crippen molar-refractivity contribution >= 4 is 0 Å². The van der Waals surface area contributed by atoms with Gasteiger partial charge in [-0.15, -0.1) is 0 Å². The first-order valence-corrected chi connectivity index (χ1v) is 3.94. The van der Waals surface area contributed by atoms with Crippen LogP contribution in [0.4, 0.5) is 4.39 Å². The number of halogens is 1. The van der Waals surface area contributed by atoms with Gasteiger partial charge in [-0.3, -0.25) is 0 Å². The van der Waals surface area contributed by atoms with Gasteiger partial charge < -0.3 is 4.42 Å². The first-order valence-electron chi connectivity index (χ1n) is 3.94. The standard InChI is InChI=1S/C10H8FNO/c1-7-12-10(6-13-7)8-2-4-9(11)5-3-8/h2-6H,1H3. The number of benzene rings is 1. The third-order valence-corrected chi connectivity index (χ3v) is 1.76. The monoisotopic (exact) mass is 177 g/mol. The summed E-state index contributed by atoms with van der Waals surface area (Å²) in [4.78, 5) is 4.12. The normalized spacial score (nSPS) is 10.3. The molecular weight excluding hydrogens is 169 g/mol. The quantitative estimate of drug-likeness (QED) is 0.669. The van der Waals surface area contributed by atoms with Crippen LogP contribution in [0.25, 0.3) is 11.3 Å². The fourth-order valence-electron chi connectivity index (χ4n) is 1.12. The van der Waals surface area contributed by atoms with Crippen LogP contribution >= 0.6 is 0 Å².